The third-order valence-corrected chi connectivity index (χ3v) is 24.7. The van der Waals surface area contributed by atoms with Crippen LogP contribution in [-0.4, -0.2) is 5.43 Å². The Kier molecular flexibility index (Phi) is 9.35. The zero-order valence-electron chi connectivity index (χ0n) is 18.1. The number of benzene rings is 3. The van der Waals surface area contributed by atoms with E-state index in [1.165, 1.54) is 38.2 Å². The first-order valence-electron chi connectivity index (χ1n) is 10.3. The van der Waals surface area contributed by atoms with Crippen molar-refractivity contribution in [1.82, 2.24) is 0 Å². The molecule has 0 fully saturated rings. The van der Waals surface area contributed by atoms with E-state index in [1.54, 1.807) is 0 Å². The molecular weight excluding hydrogens is 515 g/mol. The molecule has 5 aromatic carbocycles. The number of fused-ring (bicyclic) bond motifs is 2. The van der Waals surface area contributed by atoms with Gasteiger partial charge in [-0.3, -0.25) is 0 Å². The van der Waals surface area contributed by atoms with Crippen LogP contribution in [0.15, 0.2) is 103 Å². The number of halogens is 2. The molecule has 0 aliphatic carbocycles. The second kappa shape index (κ2) is 12.0. The van der Waals surface area contributed by atoms with E-state index in [1.807, 2.05) is 0 Å². The molecule has 0 nitrogen and oxygen atoms in total. The van der Waals surface area contributed by atoms with E-state index in [0.29, 0.717) is 0 Å². The topological polar surface area (TPSA) is 0 Å². The maximum absolute atomic E-state index is 5.62. The minimum Gasteiger partial charge on any atom is -0.168 e. The Morgan fingerprint density at radius 3 is 2.10 bits per heavy atom. The summed E-state index contributed by atoms with van der Waals surface area (Å²) in [4.78, 5) is 0. The van der Waals surface area contributed by atoms with Gasteiger partial charge in [0.1, 0.15) is 0 Å². The van der Waals surface area contributed by atoms with Crippen LogP contribution < -0.4 is 0 Å². The van der Waals surface area contributed by atoms with Crippen molar-refractivity contribution in [3.63, 3.8) is 0 Å². The summed E-state index contributed by atoms with van der Waals surface area (Å²) >= 11 is -1.65. The zero-order chi connectivity index (χ0) is 22.2. The van der Waals surface area contributed by atoms with Crippen molar-refractivity contribution in [2.75, 3.05) is 0 Å². The fourth-order valence-corrected chi connectivity index (χ4v) is 3.32. The maximum Gasteiger partial charge on any atom is -0.0279 e. The molecule has 158 valence electrons. The van der Waals surface area contributed by atoms with Crippen LogP contribution in [0.1, 0.15) is 5.56 Å². The second-order valence-corrected chi connectivity index (χ2v) is 30.6. The van der Waals surface area contributed by atoms with Gasteiger partial charge in [0, 0.05) is 0 Å². The fraction of sp³-hybridized carbons (Fsp3) is 0.111. The van der Waals surface area contributed by atoms with Gasteiger partial charge in [0.15, 0.2) is 0 Å². The molecule has 5 rings (SSSR count). The smallest absolute Gasteiger partial charge is 0.0279 e. The molecule has 0 aliphatic rings. The van der Waals surface area contributed by atoms with Crippen molar-refractivity contribution in [1.29, 1.82) is 0 Å². The van der Waals surface area contributed by atoms with Crippen LogP contribution in [0.3, 0.4) is 0 Å². The molecule has 0 saturated carbocycles. The first kappa shape index (κ1) is 24.2. The van der Waals surface area contributed by atoms with E-state index in [9.17, 15) is 0 Å². The Morgan fingerprint density at radius 1 is 0.774 bits per heavy atom. The van der Waals surface area contributed by atoms with Gasteiger partial charge in [0.2, 0.25) is 0 Å². The molecule has 0 aliphatic heterocycles. The fourth-order valence-electron chi connectivity index (χ4n) is 3.32. The van der Waals surface area contributed by atoms with E-state index in [-0.39, 0.29) is 5.43 Å². The largest absolute Gasteiger partial charge is 0.168 e. The Hall–Kier alpha value is -1.44. The first-order valence-corrected chi connectivity index (χ1v) is 22.8. The van der Waals surface area contributed by atoms with Crippen LogP contribution in [0.2, 0.25) is 13.1 Å². The zero-order valence-corrected chi connectivity index (χ0v) is 23.0. The van der Waals surface area contributed by atoms with E-state index in [2.05, 4.69) is 123 Å². The summed E-state index contributed by atoms with van der Waals surface area (Å²) in [7, 11) is 11.2. The van der Waals surface area contributed by atoms with Crippen LogP contribution in [-0.2, 0) is 18.0 Å². The third kappa shape index (κ3) is 7.02. The molecule has 5 aromatic rings. The number of hydrogen-bond donors (Lipinski definition) is 0. The molecule has 0 spiro atoms. The minimum atomic E-state index is -1.65. The average molecular weight is 541 g/mol. The molecule has 0 aromatic heterocycles. The predicted octanol–water partition coefficient (Wildman–Crippen LogP) is 9.26. The average Bonchev–Trinajstić information content (AvgIpc) is 3.40. The van der Waals surface area contributed by atoms with Gasteiger partial charge in [-0.1, -0.05) is 55.0 Å². The molecule has 4 heteroatoms. The van der Waals surface area contributed by atoms with E-state index in [4.69, 9.17) is 17.0 Å². The van der Waals surface area contributed by atoms with Gasteiger partial charge in [-0.05, 0) is 5.56 Å². The van der Waals surface area contributed by atoms with Crippen LogP contribution in [0.25, 0.3) is 32.7 Å². The standard InChI is InChI=1S/C16H13.C9H7.C2H6Si.2ClH.Zr/c1-12-10-14-8-5-9-15(16(14)11-12)13-6-3-2-4-7-13;1-2-5-9-7-3-6-8(9)4-1;1-3-2;;;/h2-11H,1H3;1-7H;1-2H3;2*1H;/q2*-1;;;;+2/p-2. The second-order valence-electron chi connectivity index (χ2n) is 7.62. The van der Waals surface area contributed by atoms with Gasteiger partial charge in [0.25, 0.3) is 0 Å². The van der Waals surface area contributed by atoms with E-state index in [0.717, 1.165) is 0 Å². The van der Waals surface area contributed by atoms with Crippen LogP contribution in [0, 0.1) is 6.92 Å². The summed E-state index contributed by atoms with van der Waals surface area (Å²) in [5.74, 6) is 0. The van der Waals surface area contributed by atoms with E-state index < -0.39 is 18.0 Å². The van der Waals surface area contributed by atoms with Gasteiger partial charge < -0.3 is 0 Å². The number of aryl methyl sites for hydroxylation is 1. The van der Waals surface area contributed by atoms with E-state index >= 15 is 0 Å². The molecule has 0 amide bonds. The molecule has 0 radical (unpaired) electrons. The van der Waals surface area contributed by atoms with Crippen molar-refractivity contribution in [2.24, 2.45) is 0 Å². The maximum atomic E-state index is 5.62. The molecule has 0 atom stereocenters. The normalized spacial score (nSPS) is 10.1. The number of hydrogen-bond acceptors (Lipinski definition) is 0. The molecule has 0 bridgehead atoms. The molecule has 0 saturated heterocycles. The predicted molar refractivity (Wildman–Crippen MR) is 138 cm³/mol. The first-order chi connectivity index (χ1) is 15.0. The Bertz CT molecular complexity index is 1230. The number of rotatable bonds is 1. The van der Waals surface area contributed by atoms with Crippen molar-refractivity contribution in [3.8, 4) is 11.1 Å². The van der Waals surface area contributed by atoms with Crippen LogP contribution in [0.4, 0.5) is 0 Å². The Balaban J connectivity index is 0.000000153. The van der Waals surface area contributed by atoms with Crippen molar-refractivity contribution < 1.29 is 18.0 Å². The Morgan fingerprint density at radius 2 is 1.42 bits per heavy atom. The SMILES string of the molecule is C[Si](C)=[Zr]([Cl])[Cl].Cc1cc2c(-c3ccccc3)cccc2[cH-]1.c1ccc2[cH-]ccc2c1. The summed E-state index contributed by atoms with van der Waals surface area (Å²) in [5.41, 5.74) is 3.72. The molecule has 0 heterocycles. The molecular formula is C27H26Cl2SiZr-2. The van der Waals surface area contributed by atoms with Crippen molar-refractivity contribution >= 4 is 44.0 Å². The van der Waals surface area contributed by atoms with Gasteiger partial charge >= 0.3 is 53.5 Å². The van der Waals surface area contributed by atoms with Gasteiger partial charge in [0.05, 0.1) is 0 Å². The third-order valence-electron chi connectivity index (χ3n) is 4.91. The van der Waals surface area contributed by atoms with Gasteiger partial charge in [-0.25, -0.2) is 0 Å². The van der Waals surface area contributed by atoms with Crippen LogP contribution in [0.5, 0.6) is 0 Å². The summed E-state index contributed by atoms with van der Waals surface area (Å²) in [6, 6.07) is 36.2. The van der Waals surface area contributed by atoms with Crippen molar-refractivity contribution in [2.45, 2.75) is 20.0 Å². The summed E-state index contributed by atoms with van der Waals surface area (Å²) < 4.78 is 0. The van der Waals surface area contributed by atoms with Gasteiger partial charge in [-0.15, -0.1) is 64.2 Å². The molecule has 0 N–H and O–H groups in total. The Labute approximate surface area is 200 Å². The molecule has 0 unspecified atom stereocenters. The van der Waals surface area contributed by atoms with Crippen molar-refractivity contribution in [3.05, 3.63) is 109 Å². The quantitative estimate of drug-likeness (QED) is 0.147. The van der Waals surface area contributed by atoms with Gasteiger partial charge in [-0.2, -0.15) is 23.6 Å². The summed E-state index contributed by atoms with van der Waals surface area (Å²) in [5, 5.41) is 5.35. The monoisotopic (exact) mass is 538 g/mol. The summed E-state index contributed by atoms with van der Waals surface area (Å²) in [6.07, 6.45) is 0. The summed E-state index contributed by atoms with van der Waals surface area (Å²) in [6.45, 7) is 6.48. The molecule has 31 heavy (non-hydrogen) atoms. The van der Waals surface area contributed by atoms with Crippen LogP contribution >= 0.6 is 17.0 Å². The minimum absolute atomic E-state index is 0.224.